The van der Waals surface area contributed by atoms with E-state index in [0.717, 1.165) is 32.4 Å². The summed E-state index contributed by atoms with van der Waals surface area (Å²) in [5.41, 5.74) is 5.94. The van der Waals surface area contributed by atoms with Crippen molar-refractivity contribution in [1.29, 1.82) is 0 Å². The first kappa shape index (κ1) is 15.3. The van der Waals surface area contributed by atoms with Crippen molar-refractivity contribution < 1.29 is 19.6 Å². The van der Waals surface area contributed by atoms with E-state index in [4.69, 9.17) is 25.4 Å². The summed E-state index contributed by atoms with van der Waals surface area (Å²) in [4.78, 5) is 16.2. The highest BCUT2D eigenvalue weighted by Crippen LogP contribution is 2.30. The van der Waals surface area contributed by atoms with Crippen molar-refractivity contribution in [2.45, 2.75) is 25.6 Å². The van der Waals surface area contributed by atoms with Gasteiger partial charge in [0.25, 0.3) is 0 Å². The zero-order valence-electron chi connectivity index (χ0n) is 9.32. The van der Waals surface area contributed by atoms with Gasteiger partial charge in [-0.05, 0) is 37.7 Å². The predicted octanol–water partition coefficient (Wildman–Crippen LogP) is -1.41. The molecule has 92 valence electrons. The highest BCUT2D eigenvalue weighted by Gasteiger charge is 2.31. The van der Waals surface area contributed by atoms with Gasteiger partial charge in [-0.1, -0.05) is 6.42 Å². The molecule has 0 radical (unpaired) electrons. The summed E-state index contributed by atoms with van der Waals surface area (Å²) >= 11 is 0. The van der Waals surface area contributed by atoms with Gasteiger partial charge in [0.05, 0.1) is 0 Å². The molecule has 1 aliphatic rings. The molecule has 0 bridgehead atoms. The summed E-state index contributed by atoms with van der Waals surface area (Å²) in [6.07, 6.45) is 3.66. The minimum absolute atomic E-state index is 0.217. The van der Waals surface area contributed by atoms with Crippen molar-refractivity contribution in [3.05, 3.63) is 0 Å². The van der Waals surface area contributed by atoms with Crippen LogP contribution in [0.1, 0.15) is 19.3 Å². The maximum Gasteiger partial charge on any atom is 0.451 e. The molecule has 0 aromatic rings. The Labute approximate surface area is 95.4 Å². The van der Waals surface area contributed by atoms with Crippen LogP contribution in [-0.4, -0.2) is 43.0 Å². The van der Waals surface area contributed by atoms with Crippen LogP contribution in [0.3, 0.4) is 0 Å². The monoisotopic (exact) mass is 230 g/mol. The van der Waals surface area contributed by atoms with Gasteiger partial charge in [-0.3, -0.25) is 0 Å². The van der Waals surface area contributed by atoms with Crippen LogP contribution >= 0.6 is 0 Å². The maximum absolute atomic E-state index is 8.69. The van der Waals surface area contributed by atoms with Crippen LogP contribution < -0.4 is 11.1 Å². The molecule has 1 heterocycles. The lowest BCUT2D eigenvalue weighted by Gasteiger charge is -2.26. The Balaban J connectivity index is 0.000000673. The van der Waals surface area contributed by atoms with Gasteiger partial charge in [0, 0.05) is 6.54 Å². The molecule has 0 aliphatic carbocycles. The molecule has 7 heteroatoms. The second kappa shape index (κ2) is 8.44. The van der Waals surface area contributed by atoms with Gasteiger partial charge in [-0.2, -0.15) is 9.59 Å². The van der Waals surface area contributed by atoms with E-state index in [1.807, 2.05) is 0 Å². The molecule has 1 atom stereocenters. The van der Waals surface area contributed by atoms with E-state index >= 15 is 0 Å². The minimum atomic E-state index is -1.16. The standard InChI is InChI=1S/C8H19BN2O2.CO2/c10-6-8(3-5-11-7-8)2-1-4-9(12)13;2-1-3/h11-13H,1-7,10H2;/t8-;/m1./s1. The lowest BCUT2D eigenvalue weighted by molar-refractivity contribution is -0.191. The number of nitrogens with one attached hydrogen (secondary N) is 1. The van der Waals surface area contributed by atoms with Gasteiger partial charge in [0.15, 0.2) is 0 Å². The molecule has 0 unspecified atom stereocenters. The molecule has 0 aromatic heterocycles. The van der Waals surface area contributed by atoms with E-state index in [0.29, 0.717) is 12.9 Å². The Kier molecular flexibility index (Phi) is 8.06. The third-order valence-electron chi connectivity index (χ3n) is 2.93. The molecule has 0 spiro atoms. The van der Waals surface area contributed by atoms with Crippen molar-refractivity contribution in [2.75, 3.05) is 19.6 Å². The summed E-state index contributed by atoms with van der Waals surface area (Å²) in [5.74, 6) is 0. The zero-order valence-corrected chi connectivity index (χ0v) is 9.32. The Hall–Kier alpha value is -0.715. The molecule has 5 N–H and O–H groups in total. The Morgan fingerprint density at radius 2 is 2.06 bits per heavy atom. The topological polar surface area (TPSA) is 113 Å². The largest absolute Gasteiger partial charge is 0.451 e. The van der Waals surface area contributed by atoms with Crippen LogP contribution in [0.4, 0.5) is 0 Å². The summed E-state index contributed by atoms with van der Waals surface area (Å²) in [5, 5.41) is 20.7. The van der Waals surface area contributed by atoms with Gasteiger partial charge in [0.2, 0.25) is 0 Å². The molecule has 1 rings (SSSR count). The molecule has 1 fully saturated rings. The maximum atomic E-state index is 8.69. The van der Waals surface area contributed by atoms with Gasteiger partial charge in [0.1, 0.15) is 0 Å². The summed E-state index contributed by atoms with van der Waals surface area (Å²) in [7, 11) is -1.16. The lowest BCUT2D eigenvalue weighted by Crippen LogP contribution is -2.33. The fourth-order valence-corrected chi connectivity index (χ4v) is 1.94. The smallest absolute Gasteiger partial charge is 0.427 e. The van der Waals surface area contributed by atoms with Gasteiger partial charge in [-0.25, -0.2) is 0 Å². The van der Waals surface area contributed by atoms with E-state index < -0.39 is 7.12 Å². The van der Waals surface area contributed by atoms with Gasteiger partial charge in [-0.15, -0.1) is 0 Å². The number of rotatable bonds is 5. The molecule has 0 saturated carbocycles. The van der Waals surface area contributed by atoms with Crippen molar-refractivity contribution in [3.8, 4) is 0 Å². The van der Waals surface area contributed by atoms with Crippen LogP contribution in [0.25, 0.3) is 0 Å². The SMILES string of the molecule is NC[C@@]1(CCCB(O)O)CCNC1.O=C=O. The number of nitrogens with two attached hydrogens (primary N) is 1. The molecule has 0 amide bonds. The molecule has 6 nitrogen and oxygen atoms in total. The third kappa shape index (κ3) is 6.00. The highest BCUT2D eigenvalue weighted by atomic mass is 16.4. The molecule has 1 saturated heterocycles. The Morgan fingerprint density at radius 1 is 1.44 bits per heavy atom. The Morgan fingerprint density at radius 3 is 2.44 bits per heavy atom. The third-order valence-corrected chi connectivity index (χ3v) is 2.93. The van der Waals surface area contributed by atoms with E-state index in [9.17, 15) is 0 Å². The van der Waals surface area contributed by atoms with Crippen molar-refractivity contribution in [2.24, 2.45) is 11.1 Å². The summed E-state index contributed by atoms with van der Waals surface area (Å²) in [6.45, 7) is 2.71. The predicted molar refractivity (Wildman–Crippen MR) is 58.2 cm³/mol. The fourth-order valence-electron chi connectivity index (χ4n) is 1.94. The molecular weight excluding hydrogens is 211 g/mol. The van der Waals surface area contributed by atoms with E-state index in [-0.39, 0.29) is 11.6 Å². The molecule has 1 aliphatic heterocycles. The summed E-state index contributed by atoms with van der Waals surface area (Å²) in [6, 6.07) is 0. The highest BCUT2D eigenvalue weighted by molar-refractivity contribution is 6.40. The number of hydrogen-bond acceptors (Lipinski definition) is 6. The average molecular weight is 230 g/mol. The van der Waals surface area contributed by atoms with E-state index in [1.54, 1.807) is 0 Å². The van der Waals surface area contributed by atoms with Crippen LogP contribution in [0.5, 0.6) is 0 Å². The van der Waals surface area contributed by atoms with Crippen LogP contribution in [-0.2, 0) is 9.59 Å². The summed E-state index contributed by atoms with van der Waals surface area (Å²) < 4.78 is 0. The molecule has 16 heavy (non-hydrogen) atoms. The first-order chi connectivity index (χ1) is 7.60. The van der Waals surface area contributed by atoms with E-state index in [2.05, 4.69) is 5.32 Å². The average Bonchev–Trinajstić information content (AvgIpc) is 2.68. The Bertz CT molecular complexity index is 214. The van der Waals surface area contributed by atoms with Crippen molar-refractivity contribution in [3.63, 3.8) is 0 Å². The second-order valence-electron chi connectivity index (χ2n) is 4.09. The normalized spacial score (nSPS) is 23.2. The van der Waals surface area contributed by atoms with Crippen molar-refractivity contribution in [1.82, 2.24) is 5.32 Å². The van der Waals surface area contributed by atoms with Crippen LogP contribution in [0.15, 0.2) is 0 Å². The van der Waals surface area contributed by atoms with Crippen molar-refractivity contribution >= 4 is 13.3 Å². The molecule has 0 aromatic carbocycles. The minimum Gasteiger partial charge on any atom is -0.427 e. The fraction of sp³-hybridized carbons (Fsp3) is 0.889. The first-order valence-electron chi connectivity index (χ1n) is 5.36. The lowest BCUT2D eigenvalue weighted by atomic mass is 9.76. The zero-order chi connectivity index (χ0) is 12.4. The van der Waals surface area contributed by atoms with E-state index in [1.165, 1.54) is 0 Å². The number of hydrogen-bond donors (Lipinski definition) is 4. The number of carbonyl (C=O) groups excluding carboxylic acids is 2. The second-order valence-corrected chi connectivity index (χ2v) is 4.09. The van der Waals surface area contributed by atoms with Crippen LogP contribution in [0, 0.1) is 5.41 Å². The first-order valence-corrected chi connectivity index (χ1v) is 5.36. The van der Waals surface area contributed by atoms with Gasteiger partial charge < -0.3 is 21.1 Å². The van der Waals surface area contributed by atoms with Crippen LogP contribution in [0.2, 0.25) is 6.32 Å². The quantitative estimate of drug-likeness (QED) is 0.432. The van der Waals surface area contributed by atoms with Gasteiger partial charge >= 0.3 is 13.3 Å². The molecular formula is C9H19BN2O4.